The number of halogens is 2. The van der Waals surface area contributed by atoms with Crippen LogP contribution < -0.4 is 10.6 Å². The molecule has 1 rings (SSSR count). The summed E-state index contributed by atoms with van der Waals surface area (Å²) in [6.07, 6.45) is 0. The van der Waals surface area contributed by atoms with Crippen LogP contribution in [-0.4, -0.2) is 34.9 Å². The number of carboxylic acids is 1. The lowest BCUT2D eigenvalue weighted by Gasteiger charge is -2.13. The van der Waals surface area contributed by atoms with Gasteiger partial charge in [-0.2, -0.15) is 0 Å². The number of rotatable bonds is 4. The molecule has 0 bridgehead atoms. The summed E-state index contributed by atoms with van der Waals surface area (Å²) >= 11 is 0. The number of nitrogens with one attached hydrogen (secondary N) is 2. The molecule has 0 radical (unpaired) electrons. The second kappa shape index (κ2) is 6.10. The fourth-order valence-corrected chi connectivity index (χ4v) is 1.24. The van der Waals surface area contributed by atoms with Gasteiger partial charge in [-0.3, -0.25) is 0 Å². The van der Waals surface area contributed by atoms with Crippen LogP contribution in [0, 0.1) is 18.6 Å². The number of aliphatic hydroxyl groups is 1. The summed E-state index contributed by atoms with van der Waals surface area (Å²) in [5.74, 6) is -3.02. The maximum absolute atomic E-state index is 13.4. The Morgan fingerprint density at radius 3 is 2.47 bits per heavy atom. The van der Waals surface area contributed by atoms with Crippen LogP contribution >= 0.6 is 0 Å². The first-order valence-corrected chi connectivity index (χ1v) is 5.22. The number of amides is 2. The molecule has 0 saturated carbocycles. The zero-order valence-electron chi connectivity index (χ0n) is 9.91. The Kier molecular flexibility index (Phi) is 4.76. The lowest BCUT2D eigenvalue weighted by Crippen LogP contribution is -2.45. The van der Waals surface area contributed by atoms with E-state index in [2.05, 4.69) is 0 Å². The van der Waals surface area contributed by atoms with Crippen molar-refractivity contribution in [2.24, 2.45) is 0 Å². The average molecular weight is 274 g/mol. The van der Waals surface area contributed by atoms with Gasteiger partial charge in [0.1, 0.15) is 11.6 Å². The zero-order valence-corrected chi connectivity index (χ0v) is 9.91. The third-order valence-electron chi connectivity index (χ3n) is 2.28. The molecule has 0 aliphatic rings. The summed E-state index contributed by atoms with van der Waals surface area (Å²) in [5, 5.41) is 21.1. The van der Waals surface area contributed by atoms with E-state index in [9.17, 15) is 18.4 Å². The zero-order chi connectivity index (χ0) is 14.6. The Bertz CT molecular complexity index is 508. The van der Waals surface area contributed by atoms with Gasteiger partial charge in [-0.25, -0.2) is 18.4 Å². The minimum atomic E-state index is -1.53. The summed E-state index contributed by atoms with van der Waals surface area (Å²) in [6.45, 7) is 0.530. The van der Waals surface area contributed by atoms with E-state index in [-0.39, 0.29) is 5.56 Å². The number of urea groups is 1. The van der Waals surface area contributed by atoms with Gasteiger partial charge in [0.2, 0.25) is 0 Å². The molecule has 19 heavy (non-hydrogen) atoms. The number of hydrogen-bond acceptors (Lipinski definition) is 3. The standard InChI is InChI=1S/C11H12F2N2O4/c1-5-2-7(13)8(3-6(5)12)14-11(19)15-9(4-16)10(17)18/h2-3,9,16H,4H2,1H3,(H,17,18)(H2,14,15,19)/t9-/m0/s1. The Morgan fingerprint density at radius 1 is 1.32 bits per heavy atom. The fourth-order valence-electron chi connectivity index (χ4n) is 1.24. The predicted molar refractivity (Wildman–Crippen MR) is 61.8 cm³/mol. The molecule has 0 saturated heterocycles. The van der Waals surface area contributed by atoms with E-state index in [1.54, 1.807) is 0 Å². The van der Waals surface area contributed by atoms with Crippen molar-refractivity contribution in [2.45, 2.75) is 13.0 Å². The van der Waals surface area contributed by atoms with Crippen molar-refractivity contribution in [1.29, 1.82) is 0 Å². The molecule has 1 aromatic carbocycles. The van der Waals surface area contributed by atoms with E-state index in [1.165, 1.54) is 6.92 Å². The number of aliphatic carboxylic acids is 1. The first kappa shape index (κ1) is 14.8. The van der Waals surface area contributed by atoms with Crippen LogP contribution in [0.25, 0.3) is 0 Å². The summed E-state index contributed by atoms with van der Waals surface area (Å²) in [6, 6.07) is -0.924. The minimum absolute atomic E-state index is 0.0715. The van der Waals surface area contributed by atoms with Crippen molar-refractivity contribution in [3.05, 3.63) is 29.3 Å². The summed E-state index contributed by atoms with van der Waals surface area (Å²) in [7, 11) is 0. The van der Waals surface area contributed by atoms with E-state index in [4.69, 9.17) is 10.2 Å². The van der Waals surface area contributed by atoms with E-state index >= 15 is 0 Å². The molecule has 1 atom stereocenters. The highest BCUT2D eigenvalue weighted by atomic mass is 19.1. The largest absolute Gasteiger partial charge is 0.480 e. The van der Waals surface area contributed by atoms with Gasteiger partial charge < -0.3 is 20.8 Å². The van der Waals surface area contributed by atoms with Crippen LogP contribution in [-0.2, 0) is 4.79 Å². The van der Waals surface area contributed by atoms with E-state index in [0.29, 0.717) is 0 Å². The van der Waals surface area contributed by atoms with Gasteiger partial charge in [0.05, 0.1) is 12.3 Å². The molecule has 0 fully saturated rings. The van der Waals surface area contributed by atoms with Crippen LogP contribution in [0.3, 0.4) is 0 Å². The number of carbonyl (C=O) groups is 2. The second-order valence-electron chi connectivity index (χ2n) is 3.75. The Hall–Kier alpha value is -2.22. The SMILES string of the molecule is Cc1cc(F)c(NC(=O)N[C@@H](CO)C(=O)O)cc1F. The molecule has 6 nitrogen and oxygen atoms in total. The van der Waals surface area contributed by atoms with Crippen LogP contribution in [0.5, 0.6) is 0 Å². The van der Waals surface area contributed by atoms with Crippen LogP contribution in [0.1, 0.15) is 5.56 Å². The Balaban J connectivity index is 2.77. The van der Waals surface area contributed by atoms with Gasteiger partial charge >= 0.3 is 12.0 Å². The molecule has 0 heterocycles. The third-order valence-corrected chi connectivity index (χ3v) is 2.28. The maximum atomic E-state index is 13.4. The molecular weight excluding hydrogens is 262 g/mol. The van der Waals surface area contributed by atoms with Crippen molar-refractivity contribution in [1.82, 2.24) is 5.32 Å². The second-order valence-corrected chi connectivity index (χ2v) is 3.75. The number of carboxylic acid groups (broad SMARTS) is 1. The van der Waals surface area contributed by atoms with Crippen LogP contribution in [0.2, 0.25) is 0 Å². The number of anilines is 1. The van der Waals surface area contributed by atoms with Crippen molar-refractivity contribution in [3.63, 3.8) is 0 Å². The van der Waals surface area contributed by atoms with Crippen LogP contribution in [0.15, 0.2) is 12.1 Å². The smallest absolute Gasteiger partial charge is 0.328 e. The van der Waals surface area contributed by atoms with Gasteiger partial charge in [0.15, 0.2) is 6.04 Å². The first-order valence-electron chi connectivity index (χ1n) is 5.22. The average Bonchev–Trinajstić information content (AvgIpc) is 2.32. The summed E-state index contributed by atoms with van der Waals surface area (Å²) < 4.78 is 26.6. The van der Waals surface area contributed by atoms with Crippen molar-refractivity contribution in [2.75, 3.05) is 11.9 Å². The van der Waals surface area contributed by atoms with Crippen molar-refractivity contribution in [3.8, 4) is 0 Å². The first-order chi connectivity index (χ1) is 8.85. The molecule has 2 amide bonds. The Morgan fingerprint density at radius 2 is 1.95 bits per heavy atom. The van der Waals surface area contributed by atoms with Gasteiger partial charge in [-0.1, -0.05) is 0 Å². The predicted octanol–water partition coefficient (Wildman–Crippen LogP) is 0.840. The molecule has 8 heteroatoms. The molecule has 0 aromatic heterocycles. The topological polar surface area (TPSA) is 98.7 Å². The quantitative estimate of drug-likeness (QED) is 0.654. The van der Waals surface area contributed by atoms with Crippen LogP contribution in [0.4, 0.5) is 19.3 Å². The lowest BCUT2D eigenvalue weighted by atomic mass is 10.2. The number of benzene rings is 1. The van der Waals surface area contributed by atoms with E-state index in [0.717, 1.165) is 12.1 Å². The van der Waals surface area contributed by atoms with Crippen molar-refractivity contribution >= 4 is 17.7 Å². The minimum Gasteiger partial charge on any atom is -0.480 e. The number of carbonyl (C=O) groups excluding carboxylic acids is 1. The molecule has 0 unspecified atom stereocenters. The summed E-state index contributed by atoms with van der Waals surface area (Å²) in [4.78, 5) is 21.9. The fraction of sp³-hybridized carbons (Fsp3) is 0.273. The van der Waals surface area contributed by atoms with Gasteiger partial charge in [0.25, 0.3) is 0 Å². The van der Waals surface area contributed by atoms with E-state index in [1.807, 2.05) is 10.6 Å². The number of hydrogen-bond donors (Lipinski definition) is 4. The molecule has 1 aromatic rings. The highest BCUT2D eigenvalue weighted by Gasteiger charge is 2.19. The highest BCUT2D eigenvalue weighted by Crippen LogP contribution is 2.18. The van der Waals surface area contributed by atoms with Gasteiger partial charge in [0, 0.05) is 6.07 Å². The summed E-state index contributed by atoms with van der Waals surface area (Å²) in [5.41, 5.74) is -0.357. The van der Waals surface area contributed by atoms with Gasteiger partial charge in [-0.15, -0.1) is 0 Å². The third kappa shape index (κ3) is 3.88. The molecule has 0 aliphatic carbocycles. The molecule has 0 spiro atoms. The Labute approximate surface area is 107 Å². The highest BCUT2D eigenvalue weighted by molar-refractivity contribution is 5.92. The molecule has 4 N–H and O–H groups in total. The number of aryl methyl sites for hydroxylation is 1. The monoisotopic (exact) mass is 274 g/mol. The van der Waals surface area contributed by atoms with Gasteiger partial charge in [-0.05, 0) is 18.6 Å². The van der Waals surface area contributed by atoms with Crippen molar-refractivity contribution < 1.29 is 28.6 Å². The molecule has 0 aliphatic heterocycles. The van der Waals surface area contributed by atoms with E-state index < -0.39 is 42.0 Å². The molecular formula is C11H12F2N2O4. The number of aliphatic hydroxyl groups excluding tert-OH is 1. The lowest BCUT2D eigenvalue weighted by molar-refractivity contribution is -0.140. The molecule has 104 valence electrons. The maximum Gasteiger partial charge on any atom is 0.328 e. The normalized spacial score (nSPS) is 11.8.